The van der Waals surface area contributed by atoms with E-state index >= 15 is 0 Å². The molecule has 0 saturated carbocycles. The van der Waals surface area contributed by atoms with Crippen molar-refractivity contribution in [3.05, 3.63) is 0 Å². The van der Waals surface area contributed by atoms with Crippen LogP contribution in [0, 0.1) is 0 Å². The Labute approximate surface area is 82.1 Å². The van der Waals surface area contributed by atoms with Crippen molar-refractivity contribution in [2.24, 2.45) is 0 Å². The third-order valence-corrected chi connectivity index (χ3v) is 1.90. The van der Waals surface area contributed by atoms with Gasteiger partial charge < -0.3 is 15.3 Å². The number of nitrogens with zero attached hydrogens (tertiary/aromatic N) is 1. The van der Waals surface area contributed by atoms with Crippen molar-refractivity contribution in [3.63, 3.8) is 0 Å². The Morgan fingerprint density at radius 1 is 1.38 bits per heavy atom. The number of hydrogen-bond donors (Lipinski definition) is 2. The highest BCUT2D eigenvalue weighted by Gasteiger charge is 2.01. The molecule has 0 aromatic carbocycles. The fourth-order valence-electron chi connectivity index (χ4n) is 1.32. The normalized spacial score (nSPS) is 13.6. The van der Waals surface area contributed by atoms with E-state index < -0.39 is 0 Å². The molecule has 0 aromatic heterocycles. The molecule has 0 heterocycles. The lowest BCUT2D eigenvalue weighted by Crippen LogP contribution is -2.30. The van der Waals surface area contributed by atoms with Crippen LogP contribution in [-0.2, 0) is 0 Å². The molecule has 1 unspecified atom stereocenters. The second-order valence-corrected chi connectivity index (χ2v) is 3.71. The fraction of sp³-hybridized carbons (Fsp3) is 1.00. The van der Waals surface area contributed by atoms with Crippen LogP contribution in [0.5, 0.6) is 0 Å². The van der Waals surface area contributed by atoms with E-state index in [9.17, 15) is 0 Å². The van der Waals surface area contributed by atoms with Crippen molar-refractivity contribution in [2.45, 2.75) is 32.8 Å². The summed E-state index contributed by atoms with van der Waals surface area (Å²) in [6.45, 7) is 8.02. The van der Waals surface area contributed by atoms with E-state index in [0.29, 0.717) is 0 Å². The fourth-order valence-corrected chi connectivity index (χ4v) is 1.32. The van der Waals surface area contributed by atoms with Crippen LogP contribution < -0.4 is 5.32 Å². The quantitative estimate of drug-likeness (QED) is 0.550. The van der Waals surface area contributed by atoms with Crippen molar-refractivity contribution < 1.29 is 5.11 Å². The minimum Gasteiger partial charge on any atom is -0.392 e. The first-order valence-corrected chi connectivity index (χ1v) is 5.24. The van der Waals surface area contributed by atoms with Crippen molar-refractivity contribution in [2.75, 3.05) is 33.2 Å². The van der Waals surface area contributed by atoms with Gasteiger partial charge in [-0.05, 0) is 46.4 Å². The maximum Gasteiger partial charge on any atom is 0.0638 e. The van der Waals surface area contributed by atoms with Gasteiger partial charge in [0.2, 0.25) is 0 Å². The van der Waals surface area contributed by atoms with E-state index in [1.54, 1.807) is 0 Å². The smallest absolute Gasteiger partial charge is 0.0638 e. The lowest BCUT2D eigenvalue weighted by Gasteiger charge is -2.17. The minimum atomic E-state index is -0.214. The zero-order chi connectivity index (χ0) is 10.1. The van der Waals surface area contributed by atoms with Crippen molar-refractivity contribution >= 4 is 0 Å². The number of aliphatic hydroxyl groups is 1. The Hall–Kier alpha value is -0.120. The molecule has 80 valence electrons. The Balaban J connectivity index is 3.12. The zero-order valence-electron chi connectivity index (χ0n) is 9.21. The van der Waals surface area contributed by atoms with E-state index in [0.717, 1.165) is 32.6 Å². The Kier molecular flexibility index (Phi) is 8.40. The molecule has 0 saturated heterocycles. The van der Waals surface area contributed by atoms with Crippen LogP contribution in [0.2, 0.25) is 0 Å². The van der Waals surface area contributed by atoms with E-state index in [4.69, 9.17) is 5.11 Å². The molecular weight excluding hydrogens is 164 g/mol. The van der Waals surface area contributed by atoms with Crippen LogP contribution in [0.25, 0.3) is 0 Å². The highest BCUT2D eigenvalue weighted by atomic mass is 16.3. The minimum absolute atomic E-state index is 0.214. The number of nitrogens with one attached hydrogen (secondary N) is 1. The van der Waals surface area contributed by atoms with Gasteiger partial charge in [-0.1, -0.05) is 6.92 Å². The third-order valence-electron chi connectivity index (χ3n) is 1.90. The number of aliphatic hydroxyl groups excluding tert-OH is 1. The first kappa shape index (κ1) is 12.9. The summed E-state index contributed by atoms with van der Waals surface area (Å²) in [4.78, 5) is 2.16. The Morgan fingerprint density at radius 3 is 2.62 bits per heavy atom. The molecule has 0 radical (unpaired) electrons. The summed E-state index contributed by atoms with van der Waals surface area (Å²) in [5.41, 5.74) is 0. The molecule has 13 heavy (non-hydrogen) atoms. The molecule has 0 amide bonds. The lowest BCUT2D eigenvalue weighted by atomic mass is 10.3. The SMILES string of the molecule is CCCNCCCN(C)CC(C)O. The third kappa shape index (κ3) is 9.80. The maximum atomic E-state index is 9.11. The summed E-state index contributed by atoms with van der Waals surface area (Å²) < 4.78 is 0. The molecule has 3 nitrogen and oxygen atoms in total. The van der Waals surface area contributed by atoms with Crippen LogP contribution >= 0.6 is 0 Å². The Morgan fingerprint density at radius 2 is 2.08 bits per heavy atom. The van der Waals surface area contributed by atoms with Crippen LogP contribution in [-0.4, -0.2) is 49.3 Å². The first-order chi connectivity index (χ1) is 6.16. The van der Waals surface area contributed by atoms with E-state index in [-0.39, 0.29) is 6.10 Å². The summed E-state index contributed by atoms with van der Waals surface area (Å²) in [5.74, 6) is 0. The van der Waals surface area contributed by atoms with Gasteiger partial charge >= 0.3 is 0 Å². The predicted molar refractivity (Wildman–Crippen MR) is 57.0 cm³/mol. The molecule has 1 atom stereocenters. The molecule has 3 heteroatoms. The number of rotatable bonds is 8. The molecule has 0 spiro atoms. The summed E-state index contributed by atoms with van der Waals surface area (Å²) in [6, 6.07) is 0. The van der Waals surface area contributed by atoms with Crippen LogP contribution in [0.15, 0.2) is 0 Å². The summed E-state index contributed by atoms with van der Waals surface area (Å²) in [7, 11) is 2.05. The lowest BCUT2D eigenvalue weighted by molar-refractivity contribution is 0.141. The van der Waals surface area contributed by atoms with Crippen molar-refractivity contribution in [1.82, 2.24) is 10.2 Å². The molecule has 2 N–H and O–H groups in total. The maximum absolute atomic E-state index is 9.11. The van der Waals surface area contributed by atoms with E-state index in [1.807, 2.05) is 14.0 Å². The van der Waals surface area contributed by atoms with Gasteiger partial charge in [0.1, 0.15) is 0 Å². The van der Waals surface area contributed by atoms with Gasteiger partial charge in [-0.2, -0.15) is 0 Å². The highest BCUT2D eigenvalue weighted by Crippen LogP contribution is 1.89. The number of hydrogen-bond acceptors (Lipinski definition) is 3. The first-order valence-electron chi connectivity index (χ1n) is 5.24. The van der Waals surface area contributed by atoms with Crippen molar-refractivity contribution in [1.29, 1.82) is 0 Å². The average Bonchev–Trinajstić information content (AvgIpc) is 2.02. The van der Waals surface area contributed by atoms with E-state index in [2.05, 4.69) is 17.1 Å². The van der Waals surface area contributed by atoms with Gasteiger partial charge in [-0.15, -0.1) is 0 Å². The zero-order valence-corrected chi connectivity index (χ0v) is 9.21. The monoisotopic (exact) mass is 188 g/mol. The molecule has 0 aromatic rings. The molecule has 0 aliphatic heterocycles. The molecule has 0 fully saturated rings. The topological polar surface area (TPSA) is 35.5 Å². The van der Waals surface area contributed by atoms with E-state index in [1.165, 1.54) is 6.42 Å². The standard InChI is InChI=1S/C10H24N2O/c1-4-6-11-7-5-8-12(3)9-10(2)13/h10-11,13H,4-9H2,1-3H3. The van der Waals surface area contributed by atoms with Gasteiger partial charge in [0, 0.05) is 6.54 Å². The largest absolute Gasteiger partial charge is 0.392 e. The molecule has 0 rings (SSSR count). The average molecular weight is 188 g/mol. The van der Waals surface area contributed by atoms with Crippen LogP contribution in [0.3, 0.4) is 0 Å². The second kappa shape index (κ2) is 8.48. The predicted octanol–water partition coefficient (Wildman–Crippen LogP) is 0.689. The molecule has 0 aliphatic carbocycles. The summed E-state index contributed by atoms with van der Waals surface area (Å²) in [6.07, 6.45) is 2.14. The van der Waals surface area contributed by atoms with Crippen molar-refractivity contribution in [3.8, 4) is 0 Å². The molecule has 0 bridgehead atoms. The van der Waals surface area contributed by atoms with Gasteiger partial charge in [0.15, 0.2) is 0 Å². The molecule has 0 aliphatic rings. The summed E-state index contributed by atoms with van der Waals surface area (Å²) in [5, 5.41) is 12.5. The van der Waals surface area contributed by atoms with Crippen LogP contribution in [0.4, 0.5) is 0 Å². The summed E-state index contributed by atoms with van der Waals surface area (Å²) >= 11 is 0. The Bertz CT molecular complexity index is 107. The molecular formula is C10H24N2O. The van der Waals surface area contributed by atoms with Gasteiger partial charge in [-0.25, -0.2) is 0 Å². The van der Waals surface area contributed by atoms with Gasteiger partial charge in [-0.3, -0.25) is 0 Å². The van der Waals surface area contributed by atoms with Gasteiger partial charge in [0.05, 0.1) is 6.10 Å². The van der Waals surface area contributed by atoms with Crippen LogP contribution in [0.1, 0.15) is 26.7 Å². The van der Waals surface area contributed by atoms with Gasteiger partial charge in [0.25, 0.3) is 0 Å². The second-order valence-electron chi connectivity index (χ2n) is 3.71. The number of likely N-dealkylation sites (N-methyl/N-ethyl adjacent to an activating group) is 1. The highest BCUT2D eigenvalue weighted by molar-refractivity contribution is 4.57.